The van der Waals surface area contributed by atoms with E-state index in [1.807, 2.05) is 12.1 Å². The van der Waals surface area contributed by atoms with E-state index in [0.29, 0.717) is 11.8 Å². The van der Waals surface area contributed by atoms with E-state index in [1.54, 1.807) is 13.2 Å². The average molecular weight is 246 g/mol. The molecule has 1 aromatic heterocycles. The number of hydrogen-bond acceptors (Lipinski definition) is 4. The molecule has 0 amide bonds. The third-order valence-corrected chi connectivity index (χ3v) is 3.20. The number of anilines is 1. The number of nitrogens with zero attached hydrogens (tertiary/aromatic N) is 1. The van der Waals surface area contributed by atoms with Crippen molar-refractivity contribution in [2.75, 3.05) is 12.8 Å². The van der Waals surface area contributed by atoms with Crippen molar-refractivity contribution in [3.05, 3.63) is 29.8 Å². The maximum absolute atomic E-state index is 5.54. The Labute approximate surface area is 107 Å². The highest BCUT2D eigenvalue weighted by Gasteiger charge is 2.13. The molecule has 2 aromatic rings. The summed E-state index contributed by atoms with van der Waals surface area (Å²) in [5, 5.41) is 3.93. The minimum atomic E-state index is 0.325. The zero-order valence-corrected chi connectivity index (χ0v) is 10.9. The van der Waals surface area contributed by atoms with Gasteiger partial charge in [0, 0.05) is 11.6 Å². The standard InChI is InChI=1S/C14H18N2O2/c1-4-9(2)11-7-10(5-6-13(11)17-3)12-8-14(15)18-16-12/h5-9H,4,15H2,1-3H3. The van der Waals surface area contributed by atoms with Crippen LogP contribution in [0.2, 0.25) is 0 Å². The van der Waals surface area contributed by atoms with Crippen LogP contribution in [0.5, 0.6) is 5.75 Å². The average Bonchev–Trinajstić information content (AvgIpc) is 2.83. The molecule has 0 saturated carbocycles. The normalized spacial score (nSPS) is 12.4. The van der Waals surface area contributed by atoms with Crippen LogP contribution in [0.1, 0.15) is 31.7 Å². The highest BCUT2D eigenvalue weighted by atomic mass is 16.5. The molecule has 0 aliphatic carbocycles. The van der Waals surface area contributed by atoms with E-state index in [9.17, 15) is 0 Å². The van der Waals surface area contributed by atoms with Crippen LogP contribution < -0.4 is 10.5 Å². The Morgan fingerprint density at radius 1 is 1.39 bits per heavy atom. The molecule has 1 aromatic carbocycles. The lowest BCUT2D eigenvalue weighted by Gasteiger charge is -2.14. The molecule has 4 heteroatoms. The van der Waals surface area contributed by atoms with Gasteiger partial charge in [-0.1, -0.05) is 19.0 Å². The fourth-order valence-corrected chi connectivity index (χ4v) is 1.92. The van der Waals surface area contributed by atoms with Crippen LogP contribution in [0.15, 0.2) is 28.8 Å². The Morgan fingerprint density at radius 3 is 2.72 bits per heavy atom. The van der Waals surface area contributed by atoms with Crippen LogP contribution >= 0.6 is 0 Å². The molecule has 1 heterocycles. The van der Waals surface area contributed by atoms with E-state index in [0.717, 1.165) is 23.4 Å². The number of hydrogen-bond donors (Lipinski definition) is 1. The first-order valence-electron chi connectivity index (χ1n) is 6.06. The van der Waals surface area contributed by atoms with Crippen molar-refractivity contribution in [2.24, 2.45) is 0 Å². The Hall–Kier alpha value is -1.97. The third kappa shape index (κ3) is 2.32. The third-order valence-electron chi connectivity index (χ3n) is 3.20. The van der Waals surface area contributed by atoms with Crippen molar-refractivity contribution in [3.63, 3.8) is 0 Å². The summed E-state index contributed by atoms with van der Waals surface area (Å²) < 4.78 is 10.3. The largest absolute Gasteiger partial charge is 0.496 e. The molecule has 0 spiro atoms. The van der Waals surface area contributed by atoms with E-state index in [-0.39, 0.29) is 0 Å². The summed E-state index contributed by atoms with van der Waals surface area (Å²) in [6.07, 6.45) is 1.06. The summed E-state index contributed by atoms with van der Waals surface area (Å²) >= 11 is 0. The molecule has 18 heavy (non-hydrogen) atoms. The molecule has 1 unspecified atom stereocenters. The quantitative estimate of drug-likeness (QED) is 0.897. The first-order chi connectivity index (χ1) is 8.65. The first kappa shape index (κ1) is 12.5. The molecule has 0 bridgehead atoms. The smallest absolute Gasteiger partial charge is 0.222 e. The first-order valence-corrected chi connectivity index (χ1v) is 6.06. The van der Waals surface area contributed by atoms with E-state index in [4.69, 9.17) is 15.0 Å². The molecular weight excluding hydrogens is 228 g/mol. The second-order valence-electron chi connectivity index (χ2n) is 4.38. The molecule has 0 radical (unpaired) electrons. The van der Waals surface area contributed by atoms with Gasteiger partial charge in [-0.15, -0.1) is 0 Å². The van der Waals surface area contributed by atoms with Gasteiger partial charge in [-0.25, -0.2) is 0 Å². The maximum Gasteiger partial charge on any atom is 0.222 e. The lowest BCUT2D eigenvalue weighted by atomic mass is 9.95. The minimum absolute atomic E-state index is 0.325. The Bertz CT molecular complexity index is 534. The molecule has 0 fully saturated rings. The van der Waals surface area contributed by atoms with Crippen molar-refractivity contribution in [1.29, 1.82) is 0 Å². The summed E-state index contributed by atoms with van der Waals surface area (Å²) in [6.45, 7) is 4.34. The monoisotopic (exact) mass is 246 g/mol. The number of rotatable bonds is 4. The van der Waals surface area contributed by atoms with Crippen molar-refractivity contribution >= 4 is 5.88 Å². The van der Waals surface area contributed by atoms with Gasteiger partial charge >= 0.3 is 0 Å². The van der Waals surface area contributed by atoms with E-state index >= 15 is 0 Å². The zero-order valence-electron chi connectivity index (χ0n) is 10.9. The lowest BCUT2D eigenvalue weighted by molar-refractivity contribution is 0.406. The molecule has 1 atom stereocenters. The summed E-state index contributed by atoms with van der Waals surface area (Å²) in [5.41, 5.74) is 8.46. The van der Waals surface area contributed by atoms with Gasteiger partial charge in [0.15, 0.2) is 0 Å². The topological polar surface area (TPSA) is 61.3 Å². The van der Waals surface area contributed by atoms with Crippen LogP contribution in [0, 0.1) is 0 Å². The molecule has 2 rings (SSSR count). The molecule has 0 saturated heterocycles. The molecular formula is C14H18N2O2. The number of nitrogen functional groups attached to an aromatic ring is 1. The fraction of sp³-hybridized carbons (Fsp3) is 0.357. The fourth-order valence-electron chi connectivity index (χ4n) is 1.92. The van der Waals surface area contributed by atoms with E-state index in [2.05, 4.69) is 25.1 Å². The maximum atomic E-state index is 5.54. The van der Waals surface area contributed by atoms with E-state index < -0.39 is 0 Å². The number of nitrogens with two attached hydrogens (primary N) is 1. The summed E-state index contributed by atoms with van der Waals surface area (Å²) in [4.78, 5) is 0. The highest BCUT2D eigenvalue weighted by molar-refractivity contribution is 5.64. The zero-order chi connectivity index (χ0) is 13.1. The molecule has 96 valence electrons. The molecule has 4 nitrogen and oxygen atoms in total. The predicted octanol–water partition coefficient (Wildman–Crippen LogP) is 3.45. The van der Waals surface area contributed by atoms with Crippen molar-refractivity contribution in [3.8, 4) is 17.0 Å². The minimum Gasteiger partial charge on any atom is -0.496 e. The Kier molecular flexibility index (Phi) is 3.55. The predicted molar refractivity (Wildman–Crippen MR) is 71.6 cm³/mol. The van der Waals surface area contributed by atoms with Crippen molar-refractivity contribution in [1.82, 2.24) is 5.16 Å². The van der Waals surface area contributed by atoms with Gasteiger partial charge in [-0.05, 0) is 36.1 Å². The SMILES string of the molecule is CCC(C)c1cc(-c2cc(N)on2)ccc1OC. The number of benzene rings is 1. The van der Waals surface area contributed by atoms with Crippen LogP contribution in [-0.4, -0.2) is 12.3 Å². The summed E-state index contributed by atoms with van der Waals surface area (Å²) in [5.74, 6) is 1.67. The number of ether oxygens (including phenoxy) is 1. The van der Waals surface area contributed by atoms with Gasteiger partial charge in [0.05, 0.1) is 7.11 Å². The molecule has 0 aliphatic rings. The Balaban J connectivity index is 2.45. The lowest BCUT2D eigenvalue weighted by Crippen LogP contribution is -1.97. The number of aromatic nitrogens is 1. The van der Waals surface area contributed by atoms with Crippen molar-refractivity contribution in [2.45, 2.75) is 26.2 Å². The number of methoxy groups -OCH3 is 1. The van der Waals surface area contributed by atoms with Gasteiger partial charge in [0.2, 0.25) is 5.88 Å². The van der Waals surface area contributed by atoms with Crippen LogP contribution in [0.4, 0.5) is 5.88 Å². The second-order valence-corrected chi connectivity index (χ2v) is 4.38. The van der Waals surface area contributed by atoms with E-state index in [1.165, 1.54) is 5.56 Å². The summed E-state index contributed by atoms with van der Waals surface area (Å²) in [7, 11) is 1.69. The van der Waals surface area contributed by atoms with Crippen LogP contribution in [-0.2, 0) is 0 Å². The Morgan fingerprint density at radius 2 is 2.17 bits per heavy atom. The van der Waals surface area contributed by atoms with Gasteiger partial charge in [0.1, 0.15) is 11.4 Å². The van der Waals surface area contributed by atoms with Crippen molar-refractivity contribution < 1.29 is 9.26 Å². The van der Waals surface area contributed by atoms with Gasteiger partial charge in [-0.2, -0.15) is 0 Å². The highest BCUT2D eigenvalue weighted by Crippen LogP contribution is 2.33. The van der Waals surface area contributed by atoms with Gasteiger partial charge in [0.25, 0.3) is 0 Å². The molecule has 0 aliphatic heterocycles. The van der Waals surface area contributed by atoms with Crippen LogP contribution in [0.3, 0.4) is 0 Å². The van der Waals surface area contributed by atoms with Crippen LogP contribution in [0.25, 0.3) is 11.3 Å². The van der Waals surface area contributed by atoms with Gasteiger partial charge < -0.3 is 15.0 Å². The second kappa shape index (κ2) is 5.12. The summed E-state index contributed by atoms with van der Waals surface area (Å²) in [6, 6.07) is 7.73. The van der Waals surface area contributed by atoms with Gasteiger partial charge in [-0.3, -0.25) is 0 Å². The molecule has 2 N–H and O–H groups in total.